The SMILES string of the molecule is CCCOP(=O)(O)OCCCCNC(=O)Cc1cnc2c(CCO)cccc2c1-c1ccccc1. The Morgan fingerprint density at radius 3 is 2.54 bits per heavy atom. The number of carbonyl (C=O) groups excluding carboxylic acids is 1. The van der Waals surface area contributed by atoms with E-state index in [0.29, 0.717) is 32.2 Å². The maximum atomic E-state index is 12.7. The first-order chi connectivity index (χ1) is 16.9. The predicted molar refractivity (Wildman–Crippen MR) is 136 cm³/mol. The molecule has 3 aromatic rings. The van der Waals surface area contributed by atoms with E-state index in [1.807, 2.05) is 55.5 Å². The number of amides is 1. The molecule has 1 aromatic heterocycles. The molecule has 188 valence electrons. The molecule has 3 N–H and O–H groups in total. The van der Waals surface area contributed by atoms with Gasteiger partial charge >= 0.3 is 7.82 Å². The lowest BCUT2D eigenvalue weighted by Gasteiger charge is -2.15. The van der Waals surface area contributed by atoms with Crippen LogP contribution in [0.4, 0.5) is 0 Å². The fraction of sp³-hybridized carbons (Fsp3) is 0.385. The van der Waals surface area contributed by atoms with Gasteiger partial charge in [0.1, 0.15) is 0 Å². The second-order valence-corrected chi connectivity index (χ2v) is 9.63. The molecule has 0 aliphatic heterocycles. The smallest absolute Gasteiger partial charge is 0.396 e. The van der Waals surface area contributed by atoms with E-state index in [1.165, 1.54) is 0 Å². The maximum absolute atomic E-state index is 12.7. The van der Waals surface area contributed by atoms with Crippen molar-refractivity contribution in [2.45, 2.75) is 39.0 Å². The van der Waals surface area contributed by atoms with Crippen LogP contribution >= 0.6 is 7.82 Å². The molecule has 0 saturated heterocycles. The zero-order valence-electron chi connectivity index (χ0n) is 20.0. The normalized spacial score (nSPS) is 13.0. The second kappa shape index (κ2) is 13.5. The van der Waals surface area contributed by atoms with Gasteiger partial charge in [-0.2, -0.15) is 0 Å². The van der Waals surface area contributed by atoms with E-state index >= 15 is 0 Å². The van der Waals surface area contributed by atoms with Crippen LogP contribution in [0.3, 0.4) is 0 Å². The fourth-order valence-electron chi connectivity index (χ4n) is 3.84. The van der Waals surface area contributed by atoms with Crippen molar-refractivity contribution in [2.24, 2.45) is 0 Å². The highest BCUT2D eigenvalue weighted by atomic mass is 31.2. The van der Waals surface area contributed by atoms with Gasteiger partial charge in [0, 0.05) is 24.7 Å². The van der Waals surface area contributed by atoms with Gasteiger partial charge < -0.3 is 15.3 Å². The Hall–Kier alpha value is -2.61. The summed E-state index contributed by atoms with van der Waals surface area (Å²) < 4.78 is 21.3. The average Bonchev–Trinajstić information content (AvgIpc) is 2.85. The van der Waals surface area contributed by atoms with E-state index in [1.54, 1.807) is 6.20 Å². The van der Waals surface area contributed by atoms with Crippen LogP contribution in [0.1, 0.15) is 37.3 Å². The molecule has 1 amide bonds. The number of phosphoric ester groups is 1. The third-order valence-corrected chi connectivity index (χ3v) is 6.48. The molecule has 9 heteroatoms. The number of rotatable bonds is 14. The molecule has 1 atom stereocenters. The van der Waals surface area contributed by atoms with Crippen molar-refractivity contribution in [3.8, 4) is 11.1 Å². The first-order valence-corrected chi connectivity index (χ1v) is 13.4. The molecule has 0 aliphatic rings. The van der Waals surface area contributed by atoms with E-state index in [0.717, 1.165) is 33.2 Å². The molecule has 1 heterocycles. The third kappa shape index (κ3) is 7.95. The lowest BCUT2D eigenvalue weighted by atomic mass is 9.93. The number of fused-ring (bicyclic) bond motifs is 1. The van der Waals surface area contributed by atoms with Crippen LogP contribution in [0.2, 0.25) is 0 Å². The van der Waals surface area contributed by atoms with Gasteiger partial charge in [-0.3, -0.25) is 18.8 Å². The van der Waals surface area contributed by atoms with E-state index in [9.17, 15) is 19.4 Å². The molecule has 3 rings (SSSR count). The molecule has 0 radical (unpaired) electrons. The summed E-state index contributed by atoms with van der Waals surface area (Å²) in [5, 5.41) is 13.3. The lowest BCUT2D eigenvalue weighted by Crippen LogP contribution is -2.26. The summed E-state index contributed by atoms with van der Waals surface area (Å²) in [6.45, 7) is 2.56. The van der Waals surface area contributed by atoms with Crippen LogP contribution < -0.4 is 5.32 Å². The Bertz CT molecular complexity index is 1160. The molecular weight excluding hydrogens is 467 g/mol. The number of nitrogens with zero attached hydrogens (tertiary/aromatic N) is 1. The lowest BCUT2D eigenvalue weighted by molar-refractivity contribution is -0.120. The summed E-state index contributed by atoms with van der Waals surface area (Å²) >= 11 is 0. The number of nitrogens with one attached hydrogen (secondary N) is 1. The van der Waals surface area contributed by atoms with E-state index < -0.39 is 7.82 Å². The standard InChI is InChI=1S/C26H33N2O6P/c1-2-16-33-35(31,32)34-17-7-6-14-27-24(30)18-22-19-28-26-21(13-15-29)11-8-12-23(26)25(22)20-9-4-3-5-10-20/h3-5,8-12,19,29H,2,6-7,13-18H2,1H3,(H,27,30)(H,31,32). The Morgan fingerprint density at radius 1 is 1.03 bits per heavy atom. The molecule has 0 saturated carbocycles. The minimum absolute atomic E-state index is 0.0400. The minimum Gasteiger partial charge on any atom is -0.396 e. The van der Waals surface area contributed by atoms with Crippen molar-refractivity contribution in [1.82, 2.24) is 10.3 Å². The highest BCUT2D eigenvalue weighted by Crippen LogP contribution is 2.43. The highest BCUT2D eigenvalue weighted by Gasteiger charge is 2.20. The molecule has 2 aromatic carbocycles. The van der Waals surface area contributed by atoms with Crippen molar-refractivity contribution in [1.29, 1.82) is 0 Å². The van der Waals surface area contributed by atoms with Gasteiger partial charge in [-0.25, -0.2) is 4.57 Å². The monoisotopic (exact) mass is 500 g/mol. The molecule has 0 aliphatic carbocycles. The maximum Gasteiger partial charge on any atom is 0.472 e. The molecule has 35 heavy (non-hydrogen) atoms. The molecule has 0 bridgehead atoms. The Kier molecular flexibility index (Phi) is 10.4. The molecule has 0 spiro atoms. The summed E-state index contributed by atoms with van der Waals surface area (Å²) in [5.74, 6) is -0.130. The van der Waals surface area contributed by atoms with Crippen LogP contribution in [0.15, 0.2) is 54.7 Å². The largest absolute Gasteiger partial charge is 0.472 e. The first kappa shape index (κ1) is 27.0. The Labute approximate surface area is 205 Å². The topological polar surface area (TPSA) is 118 Å². The van der Waals surface area contributed by atoms with Crippen molar-refractivity contribution >= 4 is 24.6 Å². The van der Waals surface area contributed by atoms with Gasteiger partial charge in [0.25, 0.3) is 0 Å². The number of hydrogen-bond acceptors (Lipinski definition) is 6. The zero-order valence-corrected chi connectivity index (χ0v) is 20.9. The zero-order chi connectivity index (χ0) is 25.1. The van der Waals surface area contributed by atoms with Crippen LogP contribution in [0, 0.1) is 0 Å². The van der Waals surface area contributed by atoms with Gasteiger partial charge in [0.2, 0.25) is 5.91 Å². The quantitative estimate of drug-likeness (QED) is 0.222. The highest BCUT2D eigenvalue weighted by molar-refractivity contribution is 7.47. The van der Waals surface area contributed by atoms with Gasteiger partial charge in [-0.1, -0.05) is 55.5 Å². The van der Waals surface area contributed by atoms with Crippen molar-refractivity contribution < 1.29 is 28.4 Å². The van der Waals surface area contributed by atoms with Gasteiger partial charge in [-0.15, -0.1) is 0 Å². The summed E-state index contributed by atoms with van der Waals surface area (Å²) in [6, 6.07) is 15.8. The number of unbranched alkanes of at least 4 members (excludes halogenated alkanes) is 1. The number of para-hydroxylation sites is 1. The Morgan fingerprint density at radius 2 is 1.80 bits per heavy atom. The van der Waals surface area contributed by atoms with Crippen LogP contribution in [0.5, 0.6) is 0 Å². The van der Waals surface area contributed by atoms with Crippen molar-refractivity contribution in [3.05, 3.63) is 65.9 Å². The number of phosphoric acid groups is 1. The number of aromatic nitrogens is 1. The molecule has 1 unspecified atom stereocenters. The van der Waals surface area contributed by atoms with E-state index in [4.69, 9.17) is 9.05 Å². The van der Waals surface area contributed by atoms with E-state index in [-0.39, 0.29) is 32.1 Å². The molecular formula is C26H33N2O6P. The van der Waals surface area contributed by atoms with Gasteiger partial charge in [0.15, 0.2) is 0 Å². The Balaban J connectivity index is 1.64. The fourth-order valence-corrected chi connectivity index (χ4v) is 4.69. The van der Waals surface area contributed by atoms with Crippen molar-refractivity contribution in [2.75, 3.05) is 26.4 Å². The van der Waals surface area contributed by atoms with Gasteiger partial charge in [0.05, 0.1) is 25.2 Å². The van der Waals surface area contributed by atoms with E-state index in [2.05, 4.69) is 10.3 Å². The number of benzene rings is 2. The van der Waals surface area contributed by atoms with Gasteiger partial charge in [-0.05, 0) is 47.9 Å². The van der Waals surface area contributed by atoms with Crippen LogP contribution in [0.25, 0.3) is 22.0 Å². The average molecular weight is 501 g/mol. The molecule has 0 fully saturated rings. The second-order valence-electron chi connectivity index (χ2n) is 8.18. The third-order valence-electron chi connectivity index (χ3n) is 5.46. The number of carbonyl (C=O) groups is 1. The first-order valence-electron chi connectivity index (χ1n) is 11.9. The van der Waals surface area contributed by atoms with Crippen molar-refractivity contribution in [3.63, 3.8) is 0 Å². The number of aliphatic hydroxyl groups excluding tert-OH is 1. The number of aliphatic hydroxyl groups is 1. The predicted octanol–water partition coefficient (Wildman–Crippen LogP) is 4.42. The summed E-state index contributed by atoms with van der Waals surface area (Å²) in [5.41, 5.74) is 4.57. The minimum atomic E-state index is -3.99. The number of pyridine rings is 1. The molecule has 8 nitrogen and oxygen atoms in total. The van der Waals surface area contributed by atoms with Crippen LogP contribution in [-0.4, -0.2) is 47.3 Å². The summed E-state index contributed by atoms with van der Waals surface area (Å²) in [4.78, 5) is 26.9. The summed E-state index contributed by atoms with van der Waals surface area (Å²) in [6.07, 6.45) is 4.17. The van der Waals surface area contributed by atoms with Crippen LogP contribution in [-0.2, 0) is 31.2 Å². The summed E-state index contributed by atoms with van der Waals surface area (Å²) in [7, 11) is -3.99. The number of hydrogen-bond donors (Lipinski definition) is 3.